The van der Waals surface area contributed by atoms with Crippen LogP contribution in [0, 0.1) is 17.0 Å². The Bertz CT molecular complexity index is 481. The second kappa shape index (κ2) is 6.21. The van der Waals surface area contributed by atoms with Gasteiger partial charge in [-0.25, -0.2) is 4.68 Å². The molecule has 0 radical (unpaired) electrons. The lowest BCUT2D eigenvalue weighted by Gasteiger charge is -2.20. The topological polar surface area (TPSA) is 76.2 Å². The fourth-order valence-corrected chi connectivity index (χ4v) is 2.55. The van der Waals surface area contributed by atoms with Crippen molar-refractivity contribution in [2.45, 2.75) is 46.2 Å². The number of nitrogens with one attached hydrogen (secondary N) is 1. The summed E-state index contributed by atoms with van der Waals surface area (Å²) in [5.41, 5.74) is 0.565. The van der Waals surface area contributed by atoms with E-state index in [1.54, 1.807) is 11.6 Å². The molecule has 1 aromatic heterocycles. The van der Waals surface area contributed by atoms with Crippen LogP contribution in [0.3, 0.4) is 0 Å². The van der Waals surface area contributed by atoms with Gasteiger partial charge in [-0.1, -0.05) is 6.92 Å². The summed E-state index contributed by atoms with van der Waals surface area (Å²) < 4.78 is 1.67. The molecule has 7 heteroatoms. The van der Waals surface area contributed by atoms with Gasteiger partial charge in [-0.05, 0) is 33.2 Å². The number of aryl methyl sites for hydroxylation is 2. The Balaban J connectivity index is 2.02. The van der Waals surface area contributed by atoms with Crippen molar-refractivity contribution in [2.24, 2.45) is 0 Å². The van der Waals surface area contributed by atoms with Gasteiger partial charge in [0.1, 0.15) is 5.69 Å². The average Bonchev–Trinajstić information content (AvgIpc) is 3.18. The van der Waals surface area contributed by atoms with E-state index >= 15 is 0 Å². The fraction of sp³-hybridized carbons (Fsp3) is 0.769. The van der Waals surface area contributed by atoms with Gasteiger partial charge in [0, 0.05) is 25.7 Å². The molecule has 1 aromatic rings. The monoisotopic (exact) mass is 281 g/mol. The molecule has 2 rings (SSSR count). The van der Waals surface area contributed by atoms with Crippen LogP contribution in [-0.4, -0.2) is 45.3 Å². The summed E-state index contributed by atoms with van der Waals surface area (Å²) in [5.74, 6) is 0.529. The lowest BCUT2D eigenvalue weighted by Crippen LogP contribution is -2.31. The van der Waals surface area contributed by atoms with Gasteiger partial charge in [0.05, 0.1) is 4.92 Å². The standard InChI is InChI=1S/C13H23N5O2/c1-4-16(11-6-7-11)9-8-14-13-12(18(19)20)10(3)15-17(13)5-2/h11,14H,4-9H2,1-3H3. The highest BCUT2D eigenvalue weighted by atomic mass is 16.6. The molecule has 1 saturated carbocycles. The summed E-state index contributed by atoms with van der Waals surface area (Å²) in [6, 6.07) is 0.717. The zero-order valence-corrected chi connectivity index (χ0v) is 12.4. The lowest BCUT2D eigenvalue weighted by atomic mass is 10.3. The molecular formula is C13H23N5O2. The molecule has 20 heavy (non-hydrogen) atoms. The molecule has 1 aliphatic carbocycles. The normalized spacial score (nSPS) is 14.8. The first-order valence-corrected chi connectivity index (χ1v) is 7.28. The highest BCUT2D eigenvalue weighted by Crippen LogP contribution is 2.29. The third-order valence-corrected chi connectivity index (χ3v) is 3.74. The molecule has 0 aliphatic heterocycles. The number of likely N-dealkylation sites (N-methyl/N-ethyl adjacent to an activating group) is 1. The molecular weight excluding hydrogens is 258 g/mol. The van der Waals surface area contributed by atoms with Gasteiger partial charge in [-0.3, -0.25) is 15.0 Å². The van der Waals surface area contributed by atoms with E-state index in [-0.39, 0.29) is 10.6 Å². The van der Waals surface area contributed by atoms with Crippen LogP contribution in [0.4, 0.5) is 11.5 Å². The van der Waals surface area contributed by atoms with Crippen molar-refractivity contribution in [1.29, 1.82) is 0 Å². The minimum Gasteiger partial charge on any atom is -0.363 e. The molecule has 1 aliphatic rings. The van der Waals surface area contributed by atoms with Crippen molar-refractivity contribution in [2.75, 3.05) is 25.0 Å². The van der Waals surface area contributed by atoms with Gasteiger partial charge in [-0.15, -0.1) is 0 Å². The average molecular weight is 281 g/mol. The van der Waals surface area contributed by atoms with Crippen molar-refractivity contribution >= 4 is 11.5 Å². The van der Waals surface area contributed by atoms with Crippen molar-refractivity contribution in [3.63, 3.8) is 0 Å². The summed E-state index contributed by atoms with van der Waals surface area (Å²) in [4.78, 5) is 13.2. The van der Waals surface area contributed by atoms with E-state index in [1.165, 1.54) is 12.8 Å². The van der Waals surface area contributed by atoms with Crippen molar-refractivity contribution < 1.29 is 4.92 Å². The third kappa shape index (κ3) is 3.09. The quantitative estimate of drug-likeness (QED) is 0.582. The van der Waals surface area contributed by atoms with Crippen LogP contribution in [-0.2, 0) is 6.54 Å². The van der Waals surface area contributed by atoms with E-state index in [4.69, 9.17) is 0 Å². The molecule has 1 N–H and O–H groups in total. The molecule has 0 unspecified atom stereocenters. The SMILES string of the molecule is CCN(CCNc1c([N+](=O)[O-])c(C)nn1CC)C1CC1. The lowest BCUT2D eigenvalue weighted by molar-refractivity contribution is -0.384. The third-order valence-electron chi connectivity index (χ3n) is 3.74. The summed E-state index contributed by atoms with van der Waals surface area (Å²) in [7, 11) is 0. The molecule has 0 spiro atoms. The predicted octanol–water partition coefficient (Wildman–Crippen LogP) is 2.02. The summed E-state index contributed by atoms with van der Waals surface area (Å²) in [6.07, 6.45) is 2.56. The molecule has 0 amide bonds. The smallest absolute Gasteiger partial charge is 0.333 e. The van der Waals surface area contributed by atoms with Crippen LogP contribution in [0.15, 0.2) is 0 Å². The minimum atomic E-state index is -0.352. The van der Waals surface area contributed by atoms with Crippen LogP contribution in [0.2, 0.25) is 0 Å². The Hall–Kier alpha value is -1.63. The Morgan fingerprint density at radius 1 is 1.50 bits per heavy atom. The first-order chi connectivity index (χ1) is 9.58. The Labute approximate surface area is 119 Å². The summed E-state index contributed by atoms with van der Waals surface area (Å²) in [6.45, 7) is 9.03. The molecule has 0 saturated heterocycles. The van der Waals surface area contributed by atoms with Gasteiger partial charge in [0.2, 0.25) is 5.82 Å². The summed E-state index contributed by atoms with van der Waals surface area (Å²) >= 11 is 0. The van der Waals surface area contributed by atoms with Crippen LogP contribution < -0.4 is 5.32 Å². The van der Waals surface area contributed by atoms with E-state index in [9.17, 15) is 10.1 Å². The highest BCUT2D eigenvalue weighted by Gasteiger charge is 2.28. The molecule has 112 valence electrons. The van der Waals surface area contributed by atoms with Crippen LogP contribution in [0.1, 0.15) is 32.4 Å². The minimum absolute atomic E-state index is 0.0984. The van der Waals surface area contributed by atoms with E-state index in [0.29, 0.717) is 24.6 Å². The van der Waals surface area contributed by atoms with E-state index < -0.39 is 0 Å². The van der Waals surface area contributed by atoms with Gasteiger partial charge in [0.15, 0.2) is 0 Å². The van der Waals surface area contributed by atoms with Crippen LogP contribution in [0.5, 0.6) is 0 Å². The van der Waals surface area contributed by atoms with Gasteiger partial charge in [0.25, 0.3) is 0 Å². The zero-order chi connectivity index (χ0) is 14.7. The second-order valence-electron chi connectivity index (χ2n) is 5.14. The maximum atomic E-state index is 11.1. The molecule has 7 nitrogen and oxygen atoms in total. The first-order valence-electron chi connectivity index (χ1n) is 7.28. The van der Waals surface area contributed by atoms with E-state index in [0.717, 1.165) is 19.1 Å². The maximum Gasteiger partial charge on any atom is 0.333 e. The van der Waals surface area contributed by atoms with Gasteiger partial charge < -0.3 is 5.32 Å². The van der Waals surface area contributed by atoms with Crippen LogP contribution in [0.25, 0.3) is 0 Å². The van der Waals surface area contributed by atoms with Crippen molar-refractivity contribution in [1.82, 2.24) is 14.7 Å². The predicted molar refractivity (Wildman–Crippen MR) is 78.1 cm³/mol. The largest absolute Gasteiger partial charge is 0.363 e. The van der Waals surface area contributed by atoms with E-state index in [1.807, 2.05) is 6.92 Å². The molecule has 0 aromatic carbocycles. The summed E-state index contributed by atoms with van der Waals surface area (Å²) in [5, 5.41) is 18.6. The number of hydrogen-bond acceptors (Lipinski definition) is 5. The number of rotatable bonds is 8. The van der Waals surface area contributed by atoms with Crippen molar-refractivity contribution in [3.05, 3.63) is 15.8 Å². The van der Waals surface area contributed by atoms with Crippen LogP contribution >= 0.6 is 0 Å². The molecule has 1 heterocycles. The molecule has 0 bridgehead atoms. The number of anilines is 1. The maximum absolute atomic E-state index is 11.1. The fourth-order valence-electron chi connectivity index (χ4n) is 2.55. The zero-order valence-electron chi connectivity index (χ0n) is 12.4. The highest BCUT2D eigenvalue weighted by molar-refractivity contribution is 5.59. The molecule has 0 atom stereocenters. The second-order valence-corrected chi connectivity index (χ2v) is 5.14. The number of nitrogens with zero attached hydrogens (tertiary/aromatic N) is 4. The molecule has 1 fully saturated rings. The van der Waals surface area contributed by atoms with E-state index in [2.05, 4.69) is 22.2 Å². The number of hydrogen-bond donors (Lipinski definition) is 1. The Morgan fingerprint density at radius 3 is 2.70 bits per heavy atom. The van der Waals surface area contributed by atoms with Crippen molar-refractivity contribution in [3.8, 4) is 0 Å². The first kappa shape index (κ1) is 14.8. The Kier molecular flexibility index (Phi) is 4.59. The van der Waals surface area contributed by atoms with Gasteiger partial charge in [-0.2, -0.15) is 5.10 Å². The Morgan fingerprint density at radius 2 is 2.20 bits per heavy atom. The number of aromatic nitrogens is 2. The van der Waals surface area contributed by atoms with Gasteiger partial charge >= 0.3 is 5.69 Å². The number of nitro groups is 1.